The van der Waals surface area contributed by atoms with Gasteiger partial charge in [0, 0.05) is 0 Å². The summed E-state index contributed by atoms with van der Waals surface area (Å²) >= 11 is -0.0542. The Balaban J connectivity index is 1.80. The highest BCUT2D eigenvalue weighted by atomic mass is 127. The maximum atomic E-state index is 2.27. The van der Waals surface area contributed by atoms with Crippen molar-refractivity contribution in [1.82, 2.24) is 0 Å². The molecule has 0 N–H and O–H groups in total. The lowest BCUT2D eigenvalue weighted by Gasteiger charge is -1.99. The number of rotatable bonds is 3. The van der Waals surface area contributed by atoms with Crippen molar-refractivity contribution < 1.29 is 21.2 Å². The summed E-state index contributed by atoms with van der Waals surface area (Å²) in [5.41, 5.74) is 2.58. The molecule has 0 aromatic heterocycles. The fourth-order valence-corrected chi connectivity index (χ4v) is 4.15. The summed E-state index contributed by atoms with van der Waals surface area (Å²) in [7, 11) is 0. The van der Waals surface area contributed by atoms with Gasteiger partial charge >= 0.3 is 21.2 Å². The van der Waals surface area contributed by atoms with Crippen LogP contribution in [0.15, 0.2) is 84.9 Å². The predicted octanol–water partition coefficient (Wildman–Crippen LogP) is 1.48. The van der Waals surface area contributed by atoms with Crippen molar-refractivity contribution >= 4 is 0 Å². The first-order chi connectivity index (χ1) is 9.42. The Labute approximate surface area is 124 Å². The van der Waals surface area contributed by atoms with E-state index in [4.69, 9.17) is 0 Å². The topological polar surface area (TPSA) is 0 Å². The maximum absolute atomic E-state index is 2.27. The quantitative estimate of drug-likeness (QED) is 0.623. The standard InChI is InChI=1S/C18H14I/c1-3-7-15(8-4-1)16-11-13-18(14-12-16)19-17-9-5-2-6-10-17/h1-14H/q+1. The van der Waals surface area contributed by atoms with Gasteiger partial charge in [0.25, 0.3) is 0 Å². The average Bonchev–Trinajstić information content (AvgIpc) is 2.50. The third kappa shape index (κ3) is 3.24. The first kappa shape index (κ1) is 12.4. The van der Waals surface area contributed by atoms with Gasteiger partial charge < -0.3 is 0 Å². The van der Waals surface area contributed by atoms with Gasteiger partial charge in [-0.1, -0.05) is 48.5 Å². The molecular weight excluding hydrogens is 343 g/mol. The molecule has 19 heavy (non-hydrogen) atoms. The normalized spacial score (nSPS) is 10.3. The van der Waals surface area contributed by atoms with Crippen molar-refractivity contribution in [2.75, 3.05) is 0 Å². The zero-order valence-electron chi connectivity index (χ0n) is 10.5. The summed E-state index contributed by atoms with van der Waals surface area (Å²) in [6, 6.07) is 30.3. The zero-order valence-corrected chi connectivity index (χ0v) is 12.6. The molecule has 0 aliphatic rings. The van der Waals surface area contributed by atoms with Crippen LogP contribution in [0.25, 0.3) is 11.1 Å². The highest BCUT2D eigenvalue weighted by Gasteiger charge is 2.14. The summed E-state index contributed by atoms with van der Waals surface area (Å²) in [6.07, 6.45) is 0. The largest absolute Gasteiger partial charge is 0.357 e. The van der Waals surface area contributed by atoms with Crippen molar-refractivity contribution in [3.63, 3.8) is 0 Å². The SMILES string of the molecule is c1ccc([I+]c2ccc(-c3ccccc3)cc2)cc1. The molecule has 3 rings (SSSR count). The lowest BCUT2D eigenvalue weighted by atomic mass is 10.1. The molecule has 0 atom stereocenters. The molecule has 0 nitrogen and oxygen atoms in total. The molecule has 0 unspecified atom stereocenters. The molecule has 0 amide bonds. The molecule has 0 heterocycles. The molecule has 0 spiro atoms. The lowest BCUT2D eigenvalue weighted by molar-refractivity contribution is -0.597. The van der Waals surface area contributed by atoms with Crippen LogP contribution < -0.4 is 21.2 Å². The maximum Gasteiger partial charge on any atom is 0.357 e. The summed E-state index contributed by atoms with van der Waals surface area (Å²) in [6.45, 7) is 0. The summed E-state index contributed by atoms with van der Waals surface area (Å²) in [5, 5.41) is 0. The van der Waals surface area contributed by atoms with Crippen LogP contribution in [0.1, 0.15) is 0 Å². The highest BCUT2D eigenvalue weighted by molar-refractivity contribution is 5.62. The molecule has 0 radical (unpaired) electrons. The molecule has 0 saturated heterocycles. The van der Waals surface area contributed by atoms with Crippen LogP contribution in [0, 0.1) is 7.14 Å². The van der Waals surface area contributed by atoms with Gasteiger partial charge in [-0.25, -0.2) is 0 Å². The minimum absolute atomic E-state index is 0.0542. The van der Waals surface area contributed by atoms with Gasteiger partial charge in [0.1, 0.15) is 0 Å². The lowest BCUT2D eigenvalue weighted by Crippen LogP contribution is -3.61. The minimum Gasteiger partial charge on any atom is -0.0622 e. The Morgan fingerprint density at radius 3 is 1.53 bits per heavy atom. The van der Waals surface area contributed by atoms with Crippen LogP contribution in [0.4, 0.5) is 0 Å². The van der Waals surface area contributed by atoms with E-state index in [9.17, 15) is 0 Å². The predicted molar refractivity (Wildman–Crippen MR) is 75.7 cm³/mol. The Bertz CT molecular complexity index is 628. The number of benzene rings is 3. The molecule has 0 bridgehead atoms. The first-order valence-electron chi connectivity index (χ1n) is 6.27. The van der Waals surface area contributed by atoms with Crippen molar-refractivity contribution in [2.24, 2.45) is 0 Å². The summed E-state index contributed by atoms with van der Waals surface area (Å²) < 4.78 is 2.93. The fourth-order valence-electron chi connectivity index (χ4n) is 1.94. The van der Waals surface area contributed by atoms with Crippen molar-refractivity contribution in [3.8, 4) is 11.1 Å². The Hall–Kier alpha value is -1.61. The van der Waals surface area contributed by atoms with E-state index < -0.39 is 0 Å². The molecule has 0 aliphatic carbocycles. The van der Waals surface area contributed by atoms with Gasteiger partial charge in [-0.2, -0.15) is 0 Å². The Morgan fingerprint density at radius 1 is 0.421 bits per heavy atom. The zero-order chi connectivity index (χ0) is 12.9. The van der Waals surface area contributed by atoms with E-state index in [1.54, 1.807) is 0 Å². The summed E-state index contributed by atoms with van der Waals surface area (Å²) in [5.74, 6) is 0. The Kier molecular flexibility index (Phi) is 3.94. The van der Waals surface area contributed by atoms with Crippen molar-refractivity contribution in [1.29, 1.82) is 0 Å². The van der Waals surface area contributed by atoms with E-state index in [0.29, 0.717) is 0 Å². The van der Waals surface area contributed by atoms with Gasteiger partial charge in [-0.3, -0.25) is 0 Å². The van der Waals surface area contributed by atoms with E-state index >= 15 is 0 Å². The number of hydrogen-bond acceptors (Lipinski definition) is 0. The van der Waals surface area contributed by atoms with Crippen molar-refractivity contribution in [2.45, 2.75) is 0 Å². The van der Waals surface area contributed by atoms with Crippen LogP contribution in [0.2, 0.25) is 0 Å². The van der Waals surface area contributed by atoms with Crippen LogP contribution >= 0.6 is 0 Å². The minimum atomic E-state index is -0.0542. The number of hydrogen-bond donors (Lipinski definition) is 0. The average molecular weight is 357 g/mol. The van der Waals surface area contributed by atoms with Gasteiger partial charge in [0.05, 0.1) is 0 Å². The highest BCUT2D eigenvalue weighted by Crippen LogP contribution is 2.17. The second kappa shape index (κ2) is 6.02. The van der Waals surface area contributed by atoms with E-state index in [1.807, 2.05) is 0 Å². The molecule has 3 aromatic carbocycles. The van der Waals surface area contributed by atoms with E-state index in [2.05, 4.69) is 84.9 Å². The van der Waals surface area contributed by atoms with Crippen LogP contribution in [0.3, 0.4) is 0 Å². The second-order valence-electron chi connectivity index (χ2n) is 4.26. The summed E-state index contributed by atoms with van der Waals surface area (Å²) in [4.78, 5) is 0. The molecule has 3 aromatic rings. The molecule has 1 heteroatoms. The Morgan fingerprint density at radius 2 is 0.895 bits per heavy atom. The van der Waals surface area contributed by atoms with E-state index in [0.717, 1.165) is 0 Å². The molecular formula is C18H14I+. The van der Waals surface area contributed by atoms with Crippen LogP contribution in [-0.2, 0) is 0 Å². The van der Waals surface area contributed by atoms with Crippen LogP contribution in [0.5, 0.6) is 0 Å². The monoisotopic (exact) mass is 357 g/mol. The smallest absolute Gasteiger partial charge is 0.0622 e. The third-order valence-electron chi connectivity index (χ3n) is 2.90. The fraction of sp³-hybridized carbons (Fsp3) is 0. The van der Waals surface area contributed by atoms with Crippen LogP contribution in [-0.4, -0.2) is 0 Å². The third-order valence-corrected chi connectivity index (χ3v) is 5.59. The van der Waals surface area contributed by atoms with Crippen molar-refractivity contribution in [3.05, 3.63) is 92.1 Å². The first-order valence-corrected chi connectivity index (χ1v) is 8.43. The van der Waals surface area contributed by atoms with Gasteiger partial charge in [0.2, 0.25) is 0 Å². The van der Waals surface area contributed by atoms with Gasteiger partial charge in [-0.05, 0) is 47.5 Å². The van der Waals surface area contributed by atoms with Gasteiger partial charge in [-0.15, -0.1) is 0 Å². The van der Waals surface area contributed by atoms with E-state index in [1.165, 1.54) is 18.3 Å². The molecule has 0 saturated carbocycles. The molecule has 0 fully saturated rings. The molecule has 92 valence electrons. The second-order valence-corrected chi connectivity index (χ2v) is 7.29. The number of halogens is 1. The van der Waals surface area contributed by atoms with Gasteiger partial charge in [0.15, 0.2) is 7.14 Å². The van der Waals surface area contributed by atoms with E-state index in [-0.39, 0.29) is 21.2 Å². The molecule has 0 aliphatic heterocycles.